The Morgan fingerprint density at radius 1 is 0.732 bits per heavy atom. The summed E-state index contributed by atoms with van der Waals surface area (Å²) in [6.07, 6.45) is 1.38. The van der Waals surface area contributed by atoms with E-state index in [1.54, 1.807) is 38.1 Å². The molecule has 3 rings (SSSR count). The molecule has 0 radical (unpaired) electrons. The first-order valence-electron chi connectivity index (χ1n) is 18.8. The minimum atomic E-state index is -1.22. The molecule has 6 atom stereocenters. The number of likely N-dealkylation sites (tertiary alicyclic amines) is 1. The van der Waals surface area contributed by atoms with Crippen LogP contribution in [0.1, 0.15) is 65.0 Å². The molecule has 7 amide bonds. The van der Waals surface area contributed by atoms with Gasteiger partial charge in [-0.15, -0.1) is 0 Å². The van der Waals surface area contributed by atoms with Crippen LogP contribution in [0.25, 0.3) is 0 Å². The van der Waals surface area contributed by atoms with Gasteiger partial charge in [-0.3, -0.25) is 33.6 Å². The molecule has 0 bridgehead atoms. The summed E-state index contributed by atoms with van der Waals surface area (Å²) in [6, 6.07) is 6.01. The van der Waals surface area contributed by atoms with Crippen molar-refractivity contribution in [2.75, 3.05) is 13.1 Å². The Kier molecular flexibility index (Phi) is 16.6. The second-order valence-electron chi connectivity index (χ2n) is 14.9. The quantitative estimate of drug-likeness (QED) is 0.0879. The van der Waals surface area contributed by atoms with Crippen molar-refractivity contribution in [3.05, 3.63) is 59.7 Å². The standard InChI is InChI=1S/C39H56N8O9/c1-21(2)17-30(39(56)47-16-6-7-31(47)34(41)51)45-37(54)29(19-25-10-14-27(49)15-11-25)44-32(50)20-42-38(55)33(22(3)4)46-35(52)23(5)43-36(53)28(40)18-24-8-12-26(48)13-9-24/h8-15,21-23,28-31,33,48-49H,6-7,16-20,40H2,1-5H3,(H2,41,51)(H,42,55)(H,43,53)(H,44,50)(H,45,54)(H,46,52)/t23-,28-,29-,30+,31+,33-/m1/s1. The number of aromatic hydroxyl groups is 2. The summed E-state index contributed by atoms with van der Waals surface area (Å²) >= 11 is 0. The molecule has 0 aromatic heterocycles. The van der Waals surface area contributed by atoms with Gasteiger partial charge in [0.15, 0.2) is 0 Å². The molecule has 0 spiro atoms. The number of phenols is 2. The molecule has 1 saturated heterocycles. The molecular formula is C39H56N8O9. The van der Waals surface area contributed by atoms with Gasteiger partial charge in [-0.1, -0.05) is 52.0 Å². The maximum atomic E-state index is 13.8. The van der Waals surface area contributed by atoms with Crippen molar-refractivity contribution < 1.29 is 43.8 Å². The van der Waals surface area contributed by atoms with Crippen molar-refractivity contribution in [2.24, 2.45) is 23.3 Å². The number of primary amides is 1. The van der Waals surface area contributed by atoms with Gasteiger partial charge < -0.3 is 53.2 Å². The normalized spacial score (nSPS) is 16.6. The van der Waals surface area contributed by atoms with Crippen molar-refractivity contribution >= 4 is 41.4 Å². The van der Waals surface area contributed by atoms with E-state index in [-0.39, 0.29) is 36.7 Å². The number of carbonyl (C=O) groups is 7. The van der Waals surface area contributed by atoms with Gasteiger partial charge in [0.2, 0.25) is 41.4 Å². The number of hydrogen-bond donors (Lipinski definition) is 9. The molecule has 1 aliphatic heterocycles. The molecule has 2 aromatic rings. The average Bonchev–Trinajstić information content (AvgIpc) is 3.64. The van der Waals surface area contributed by atoms with E-state index in [4.69, 9.17) is 11.5 Å². The van der Waals surface area contributed by atoms with Crippen LogP contribution in [-0.4, -0.2) is 106 Å². The van der Waals surface area contributed by atoms with Gasteiger partial charge in [0.05, 0.1) is 12.6 Å². The van der Waals surface area contributed by atoms with Crippen molar-refractivity contribution in [3.63, 3.8) is 0 Å². The summed E-state index contributed by atoms with van der Waals surface area (Å²) in [6.45, 7) is 8.29. The third kappa shape index (κ3) is 13.5. The summed E-state index contributed by atoms with van der Waals surface area (Å²) in [4.78, 5) is 93.1. The zero-order chi connectivity index (χ0) is 41.7. The van der Waals surface area contributed by atoms with Gasteiger partial charge in [-0.2, -0.15) is 0 Å². The van der Waals surface area contributed by atoms with Crippen LogP contribution in [0.2, 0.25) is 0 Å². The Hall–Kier alpha value is -5.71. The molecule has 0 unspecified atom stereocenters. The van der Waals surface area contributed by atoms with Crippen LogP contribution in [-0.2, 0) is 46.4 Å². The van der Waals surface area contributed by atoms with Crippen molar-refractivity contribution in [1.29, 1.82) is 0 Å². The van der Waals surface area contributed by atoms with Gasteiger partial charge in [0.1, 0.15) is 41.7 Å². The van der Waals surface area contributed by atoms with Crippen molar-refractivity contribution in [3.8, 4) is 11.5 Å². The molecule has 1 heterocycles. The summed E-state index contributed by atoms with van der Waals surface area (Å²) < 4.78 is 0. The van der Waals surface area contributed by atoms with Crippen LogP contribution in [0.15, 0.2) is 48.5 Å². The van der Waals surface area contributed by atoms with Crippen LogP contribution >= 0.6 is 0 Å². The van der Waals surface area contributed by atoms with Gasteiger partial charge in [-0.05, 0) is 79.8 Å². The van der Waals surface area contributed by atoms with Crippen LogP contribution in [0.4, 0.5) is 0 Å². The highest BCUT2D eigenvalue weighted by molar-refractivity contribution is 5.96. The number of nitrogens with zero attached hydrogens (tertiary/aromatic N) is 1. The molecule has 17 nitrogen and oxygen atoms in total. The molecular weight excluding hydrogens is 724 g/mol. The molecule has 11 N–H and O–H groups in total. The highest BCUT2D eigenvalue weighted by Gasteiger charge is 2.38. The van der Waals surface area contributed by atoms with Crippen molar-refractivity contribution in [1.82, 2.24) is 31.5 Å². The molecule has 1 fully saturated rings. The number of hydrogen-bond acceptors (Lipinski definition) is 10. The number of rotatable bonds is 19. The molecule has 1 aliphatic rings. The number of carbonyl (C=O) groups excluding carboxylic acids is 7. The smallest absolute Gasteiger partial charge is 0.245 e. The first kappa shape index (κ1) is 44.7. The van der Waals surface area contributed by atoms with E-state index in [9.17, 15) is 43.8 Å². The molecule has 17 heteroatoms. The Bertz CT molecular complexity index is 1700. The van der Waals surface area contributed by atoms with E-state index in [1.165, 1.54) is 36.1 Å². The lowest BCUT2D eigenvalue weighted by atomic mass is 10.00. The SMILES string of the molecule is CC(C)C[C@H](NC(=O)[C@@H](Cc1ccc(O)cc1)NC(=O)CNC(=O)[C@H](NC(=O)[C@@H](C)NC(=O)[C@H](N)Cc1ccc(O)cc1)C(C)C)C(=O)N1CCC[C@H]1C(N)=O. The first-order valence-corrected chi connectivity index (χ1v) is 18.8. The zero-order valence-electron chi connectivity index (χ0n) is 32.5. The first-order chi connectivity index (χ1) is 26.4. The monoisotopic (exact) mass is 780 g/mol. The Morgan fingerprint density at radius 2 is 1.30 bits per heavy atom. The minimum Gasteiger partial charge on any atom is -0.508 e. The van der Waals surface area contributed by atoms with Gasteiger partial charge >= 0.3 is 0 Å². The van der Waals surface area contributed by atoms with E-state index in [0.717, 1.165) is 0 Å². The Morgan fingerprint density at radius 3 is 1.84 bits per heavy atom. The highest BCUT2D eigenvalue weighted by Crippen LogP contribution is 2.20. The fourth-order valence-electron chi connectivity index (χ4n) is 6.27. The molecule has 2 aromatic carbocycles. The lowest BCUT2D eigenvalue weighted by Crippen LogP contribution is -2.58. The van der Waals surface area contributed by atoms with Gasteiger partial charge in [0.25, 0.3) is 0 Å². The number of benzene rings is 2. The van der Waals surface area contributed by atoms with Crippen LogP contribution in [0.3, 0.4) is 0 Å². The third-order valence-corrected chi connectivity index (χ3v) is 9.36. The van der Waals surface area contributed by atoms with Gasteiger partial charge in [0, 0.05) is 13.0 Å². The number of nitrogens with one attached hydrogen (secondary N) is 5. The van der Waals surface area contributed by atoms with E-state index < -0.39 is 90.1 Å². The van der Waals surface area contributed by atoms with E-state index in [1.807, 2.05) is 13.8 Å². The summed E-state index contributed by atoms with van der Waals surface area (Å²) in [7, 11) is 0. The Labute approximate surface area is 326 Å². The number of amides is 7. The van der Waals surface area contributed by atoms with Crippen LogP contribution < -0.4 is 38.1 Å². The topological polar surface area (TPSA) is 275 Å². The molecule has 0 aliphatic carbocycles. The second-order valence-corrected chi connectivity index (χ2v) is 14.9. The van der Waals surface area contributed by atoms with Crippen LogP contribution in [0.5, 0.6) is 11.5 Å². The lowest BCUT2D eigenvalue weighted by Gasteiger charge is -2.30. The maximum Gasteiger partial charge on any atom is 0.245 e. The second kappa shape index (κ2) is 20.8. The fraction of sp³-hybridized carbons (Fsp3) is 0.513. The molecule has 306 valence electrons. The van der Waals surface area contributed by atoms with E-state index >= 15 is 0 Å². The van der Waals surface area contributed by atoms with E-state index in [2.05, 4.69) is 26.6 Å². The van der Waals surface area contributed by atoms with Crippen LogP contribution in [0, 0.1) is 11.8 Å². The van der Waals surface area contributed by atoms with Crippen molar-refractivity contribution in [2.45, 2.75) is 103 Å². The average molecular weight is 781 g/mol. The molecule has 56 heavy (non-hydrogen) atoms. The Balaban J connectivity index is 1.65. The van der Waals surface area contributed by atoms with E-state index in [0.29, 0.717) is 30.5 Å². The third-order valence-electron chi connectivity index (χ3n) is 9.36. The maximum absolute atomic E-state index is 13.8. The zero-order valence-corrected chi connectivity index (χ0v) is 32.5. The lowest BCUT2D eigenvalue weighted by molar-refractivity contribution is -0.141. The largest absolute Gasteiger partial charge is 0.508 e. The highest BCUT2D eigenvalue weighted by atomic mass is 16.3. The fourth-order valence-corrected chi connectivity index (χ4v) is 6.27. The summed E-state index contributed by atoms with van der Waals surface area (Å²) in [5, 5.41) is 32.2. The number of nitrogens with two attached hydrogens (primary N) is 2. The minimum absolute atomic E-state index is 0.00327. The number of phenolic OH excluding ortho intramolecular Hbond substituents is 2. The summed E-state index contributed by atoms with van der Waals surface area (Å²) in [5.74, 6) is -4.86. The molecule has 0 saturated carbocycles. The summed E-state index contributed by atoms with van der Waals surface area (Å²) in [5.41, 5.74) is 12.9. The van der Waals surface area contributed by atoms with Gasteiger partial charge in [-0.25, -0.2) is 0 Å². The predicted molar refractivity (Wildman–Crippen MR) is 206 cm³/mol. The predicted octanol–water partition coefficient (Wildman–Crippen LogP) is -0.536.